The first-order valence-electron chi connectivity index (χ1n) is 8.18. The molecule has 0 saturated heterocycles. The van der Waals surface area contributed by atoms with Gasteiger partial charge in [0.1, 0.15) is 0 Å². The average molecular weight is 331 g/mol. The third-order valence-electron chi connectivity index (χ3n) is 4.72. The molecule has 2 aliphatic rings. The molecule has 122 valence electrons. The first-order chi connectivity index (χ1) is 11.1. The number of thioether (sulfide) groups is 1. The minimum Gasteiger partial charge on any atom is -0.275 e. The van der Waals surface area contributed by atoms with Crippen LogP contribution in [0.1, 0.15) is 61.4 Å². The van der Waals surface area contributed by atoms with Gasteiger partial charge < -0.3 is 0 Å². The molecule has 0 amide bonds. The number of nitrogens with zero attached hydrogens (tertiary/aromatic N) is 4. The number of hydrogen-bond donors (Lipinski definition) is 1. The lowest BCUT2D eigenvalue weighted by Gasteiger charge is -2.25. The monoisotopic (exact) mass is 331 g/mol. The van der Waals surface area contributed by atoms with Crippen LogP contribution in [0.15, 0.2) is 22.2 Å². The summed E-state index contributed by atoms with van der Waals surface area (Å²) >= 11 is 1.63. The van der Waals surface area contributed by atoms with Crippen LogP contribution < -0.4 is 5.56 Å². The summed E-state index contributed by atoms with van der Waals surface area (Å²) in [6.45, 7) is 2.01. The lowest BCUT2D eigenvalue weighted by molar-refractivity contribution is 0.331. The predicted molar refractivity (Wildman–Crippen MR) is 92.6 cm³/mol. The Balaban J connectivity index is 1.82. The number of H-pyrrole nitrogens is 1. The number of hydrogen-bond acceptors (Lipinski definition) is 4. The SMILES string of the molecule is CC1=Nc2c(c(=O)[nH]n2C2CCCCC2)[C@H](c2cnn(C)c2)S1. The molecule has 4 rings (SSSR count). The summed E-state index contributed by atoms with van der Waals surface area (Å²) < 4.78 is 3.81. The zero-order valence-electron chi connectivity index (χ0n) is 13.5. The number of nitrogens with one attached hydrogen (secondary N) is 1. The second-order valence-electron chi connectivity index (χ2n) is 6.42. The van der Waals surface area contributed by atoms with Crippen LogP contribution in [0.4, 0.5) is 5.82 Å². The van der Waals surface area contributed by atoms with Crippen molar-refractivity contribution in [2.45, 2.75) is 50.3 Å². The highest BCUT2D eigenvalue weighted by Crippen LogP contribution is 2.44. The number of rotatable bonds is 2. The molecule has 1 N–H and O–H groups in total. The van der Waals surface area contributed by atoms with Crippen LogP contribution in [0.3, 0.4) is 0 Å². The maximum absolute atomic E-state index is 12.6. The van der Waals surface area contributed by atoms with E-state index in [0.29, 0.717) is 6.04 Å². The molecule has 3 heterocycles. The summed E-state index contributed by atoms with van der Waals surface area (Å²) in [6.07, 6.45) is 9.81. The van der Waals surface area contributed by atoms with Gasteiger partial charge in [0, 0.05) is 18.8 Å². The molecule has 1 aliphatic heterocycles. The van der Waals surface area contributed by atoms with Crippen LogP contribution >= 0.6 is 11.8 Å². The summed E-state index contributed by atoms with van der Waals surface area (Å²) in [7, 11) is 1.90. The zero-order valence-corrected chi connectivity index (χ0v) is 14.3. The van der Waals surface area contributed by atoms with E-state index in [1.54, 1.807) is 16.4 Å². The Labute approximate surface area is 139 Å². The van der Waals surface area contributed by atoms with E-state index in [1.165, 1.54) is 19.3 Å². The highest BCUT2D eigenvalue weighted by Gasteiger charge is 2.32. The Bertz CT molecular complexity index is 809. The van der Waals surface area contributed by atoms with Gasteiger partial charge in [0.2, 0.25) is 0 Å². The molecule has 1 fully saturated rings. The van der Waals surface area contributed by atoms with Gasteiger partial charge in [-0.1, -0.05) is 31.0 Å². The third kappa shape index (κ3) is 2.56. The Kier molecular flexibility index (Phi) is 3.67. The summed E-state index contributed by atoms with van der Waals surface area (Å²) in [4.78, 5) is 17.3. The molecule has 0 bridgehead atoms. The smallest absolute Gasteiger partial charge is 0.271 e. The number of aromatic nitrogens is 4. The quantitative estimate of drug-likeness (QED) is 0.918. The maximum atomic E-state index is 12.6. The van der Waals surface area contributed by atoms with Gasteiger partial charge in [-0.15, -0.1) is 0 Å². The van der Waals surface area contributed by atoms with Crippen LogP contribution in [0, 0.1) is 0 Å². The molecule has 2 aromatic heterocycles. The van der Waals surface area contributed by atoms with Crippen molar-refractivity contribution in [3.8, 4) is 0 Å². The molecular weight excluding hydrogens is 310 g/mol. The summed E-state index contributed by atoms with van der Waals surface area (Å²) in [5, 5.41) is 8.30. The first kappa shape index (κ1) is 14.8. The molecule has 2 aromatic rings. The molecule has 7 heteroatoms. The van der Waals surface area contributed by atoms with Crippen LogP contribution in [0.2, 0.25) is 0 Å². The van der Waals surface area contributed by atoms with E-state index in [9.17, 15) is 4.79 Å². The number of fused-ring (bicyclic) bond motifs is 1. The van der Waals surface area contributed by atoms with Crippen molar-refractivity contribution < 1.29 is 0 Å². The van der Waals surface area contributed by atoms with Crippen LogP contribution in [-0.2, 0) is 7.05 Å². The van der Waals surface area contributed by atoms with Crippen LogP contribution in [-0.4, -0.2) is 24.6 Å². The third-order valence-corrected chi connectivity index (χ3v) is 5.89. The van der Waals surface area contributed by atoms with Crippen LogP contribution in [0.5, 0.6) is 0 Å². The molecule has 0 unspecified atom stereocenters. The highest BCUT2D eigenvalue weighted by atomic mass is 32.2. The van der Waals surface area contributed by atoms with Gasteiger partial charge >= 0.3 is 0 Å². The second kappa shape index (κ2) is 5.70. The van der Waals surface area contributed by atoms with Gasteiger partial charge in [0.05, 0.1) is 28.1 Å². The number of aryl methyl sites for hydroxylation is 1. The van der Waals surface area contributed by atoms with E-state index in [0.717, 1.165) is 34.8 Å². The second-order valence-corrected chi connectivity index (χ2v) is 7.71. The van der Waals surface area contributed by atoms with Gasteiger partial charge in [-0.25, -0.2) is 4.99 Å². The van der Waals surface area contributed by atoms with Gasteiger partial charge in [0.25, 0.3) is 5.56 Å². The number of aromatic amines is 1. The molecule has 6 nitrogen and oxygen atoms in total. The van der Waals surface area contributed by atoms with Gasteiger partial charge in [-0.2, -0.15) is 5.10 Å². The molecule has 1 aliphatic carbocycles. The van der Waals surface area contributed by atoms with Gasteiger partial charge in [0.15, 0.2) is 5.82 Å². The molecular formula is C16H21N5OS. The Hall–Kier alpha value is -1.76. The van der Waals surface area contributed by atoms with Crippen molar-refractivity contribution in [2.75, 3.05) is 0 Å². The lowest BCUT2D eigenvalue weighted by atomic mass is 9.95. The highest BCUT2D eigenvalue weighted by molar-refractivity contribution is 8.14. The fourth-order valence-corrected chi connectivity index (χ4v) is 4.69. The van der Waals surface area contributed by atoms with Crippen molar-refractivity contribution in [1.29, 1.82) is 0 Å². The summed E-state index contributed by atoms with van der Waals surface area (Å²) in [5.41, 5.74) is 1.82. The molecule has 0 aromatic carbocycles. The van der Waals surface area contributed by atoms with Crippen molar-refractivity contribution >= 4 is 22.6 Å². The molecule has 0 radical (unpaired) electrons. The fraction of sp³-hybridized carbons (Fsp3) is 0.562. The van der Waals surface area contributed by atoms with E-state index in [1.807, 2.05) is 31.0 Å². The Morgan fingerprint density at radius 3 is 2.78 bits per heavy atom. The normalized spacial score (nSPS) is 22.0. The van der Waals surface area contributed by atoms with E-state index in [2.05, 4.69) is 10.2 Å². The average Bonchev–Trinajstić information content (AvgIpc) is 3.12. The molecule has 0 spiro atoms. The van der Waals surface area contributed by atoms with Gasteiger partial charge in [-0.3, -0.25) is 19.3 Å². The first-order valence-corrected chi connectivity index (χ1v) is 9.06. The largest absolute Gasteiger partial charge is 0.275 e. The topological polar surface area (TPSA) is 68.0 Å². The molecule has 23 heavy (non-hydrogen) atoms. The zero-order chi connectivity index (χ0) is 16.0. The van der Waals surface area contributed by atoms with Crippen molar-refractivity contribution in [1.82, 2.24) is 19.6 Å². The molecule has 1 saturated carbocycles. The van der Waals surface area contributed by atoms with E-state index >= 15 is 0 Å². The van der Waals surface area contributed by atoms with Crippen molar-refractivity contribution in [3.63, 3.8) is 0 Å². The minimum absolute atomic E-state index is 0.0109. The standard InChI is InChI=1S/C16H21N5OS/c1-10-18-15-13(14(23-10)11-8-17-20(2)9-11)16(22)19-21(15)12-6-4-3-5-7-12/h8-9,12,14H,3-7H2,1-2H3,(H,19,22)/t14-/m0/s1. The predicted octanol–water partition coefficient (Wildman–Crippen LogP) is 3.30. The fourth-order valence-electron chi connectivity index (χ4n) is 3.62. The number of aliphatic imine (C=N–C) groups is 1. The van der Waals surface area contributed by atoms with E-state index in [-0.39, 0.29) is 10.8 Å². The Morgan fingerprint density at radius 1 is 1.30 bits per heavy atom. The molecule has 1 atom stereocenters. The maximum Gasteiger partial charge on any atom is 0.271 e. The van der Waals surface area contributed by atoms with E-state index < -0.39 is 0 Å². The Morgan fingerprint density at radius 2 is 2.09 bits per heavy atom. The van der Waals surface area contributed by atoms with Crippen LogP contribution in [0.25, 0.3) is 0 Å². The summed E-state index contributed by atoms with van der Waals surface area (Å²) in [5.74, 6) is 0.826. The van der Waals surface area contributed by atoms with E-state index in [4.69, 9.17) is 4.99 Å². The van der Waals surface area contributed by atoms with Gasteiger partial charge in [-0.05, 0) is 19.8 Å². The van der Waals surface area contributed by atoms with Crippen molar-refractivity contribution in [3.05, 3.63) is 33.9 Å². The minimum atomic E-state index is -0.0233. The lowest BCUT2D eigenvalue weighted by Crippen LogP contribution is -2.16. The van der Waals surface area contributed by atoms with Crippen molar-refractivity contribution in [2.24, 2.45) is 12.0 Å². The summed E-state index contributed by atoms with van der Waals surface area (Å²) in [6, 6.07) is 0.370.